The van der Waals surface area contributed by atoms with Crippen LogP contribution in [0.15, 0.2) is 47.4 Å². The van der Waals surface area contributed by atoms with Crippen LogP contribution in [0.2, 0.25) is 0 Å². The molecule has 2 amide bonds. The van der Waals surface area contributed by atoms with Crippen LogP contribution in [-0.2, 0) is 19.6 Å². The van der Waals surface area contributed by atoms with Crippen LogP contribution >= 0.6 is 11.3 Å². The van der Waals surface area contributed by atoms with Gasteiger partial charge in [0.15, 0.2) is 5.13 Å². The van der Waals surface area contributed by atoms with Crippen LogP contribution < -0.4 is 15.4 Å². The molecular formula is C21H24N4O4S2. The molecule has 0 aliphatic carbocycles. The molecule has 0 fully saturated rings. The Balaban J connectivity index is 1.79. The van der Waals surface area contributed by atoms with E-state index in [4.69, 9.17) is 0 Å². The van der Waals surface area contributed by atoms with Crippen LogP contribution in [0.1, 0.15) is 26.3 Å². The third-order valence-corrected chi connectivity index (χ3v) is 6.89. The number of fused-ring (bicyclic) bond motifs is 1. The first-order chi connectivity index (χ1) is 14.5. The van der Waals surface area contributed by atoms with Crippen LogP contribution in [-0.4, -0.2) is 31.3 Å². The Hall–Kier alpha value is -2.82. The van der Waals surface area contributed by atoms with E-state index in [1.54, 1.807) is 44.2 Å². The van der Waals surface area contributed by atoms with Crippen LogP contribution in [0.25, 0.3) is 10.2 Å². The number of nitrogens with one attached hydrogen (secondary N) is 3. The van der Waals surface area contributed by atoms with Gasteiger partial charge in [0.25, 0.3) is 0 Å². The van der Waals surface area contributed by atoms with Gasteiger partial charge in [-0.1, -0.05) is 42.9 Å². The van der Waals surface area contributed by atoms with Crippen LogP contribution in [0.3, 0.4) is 0 Å². The molecule has 3 rings (SSSR count). The van der Waals surface area contributed by atoms with Crippen molar-refractivity contribution in [1.29, 1.82) is 0 Å². The fourth-order valence-electron chi connectivity index (χ4n) is 2.89. The molecule has 0 saturated heterocycles. The molecule has 0 unspecified atom stereocenters. The molecule has 1 atom stereocenters. The summed E-state index contributed by atoms with van der Waals surface area (Å²) in [5.74, 6) is -0.967. The summed E-state index contributed by atoms with van der Waals surface area (Å²) in [6.07, 6.45) is 0. The zero-order valence-corrected chi connectivity index (χ0v) is 19.2. The summed E-state index contributed by atoms with van der Waals surface area (Å²) in [4.78, 5) is 28.6. The first kappa shape index (κ1) is 22.9. The summed E-state index contributed by atoms with van der Waals surface area (Å²) in [6, 6.07) is 10.7. The van der Waals surface area contributed by atoms with Gasteiger partial charge in [-0.15, -0.1) is 0 Å². The van der Waals surface area contributed by atoms with Crippen molar-refractivity contribution in [2.75, 3.05) is 10.6 Å². The number of sulfonamides is 1. The molecule has 3 N–H and O–H groups in total. The first-order valence-corrected chi connectivity index (χ1v) is 11.9. The normalized spacial score (nSPS) is 12.7. The molecule has 164 valence electrons. The Labute approximate surface area is 185 Å². The van der Waals surface area contributed by atoms with Crippen molar-refractivity contribution >= 4 is 54.2 Å². The maximum atomic E-state index is 12.9. The summed E-state index contributed by atoms with van der Waals surface area (Å²) in [5.41, 5.74) is 2.23. The molecule has 1 aromatic heterocycles. The predicted molar refractivity (Wildman–Crippen MR) is 123 cm³/mol. The number of carbonyl (C=O) groups excluding carboxylic acids is 2. The van der Waals surface area contributed by atoms with E-state index in [-0.39, 0.29) is 16.7 Å². The molecule has 0 saturated carbocycles. The largest absolute Gasteiger partial charge is 0.326 e. The van der Waals surface area contributed by atoms with E-state index in [0.717, 1.165) is 10.3 Å². The highest BCUT2D eigenvalue weighted by Gasteiger charge is 2.29. The van der Waals surface area contributed by atoms with Gasteiger partial charge >= 0.3 is 0 Å². The van der Waals surface area contributed by atoms with Gasteiger partial charge in [0.2, 0.25) is 21.8 Å². The monoisotopic (exact) mass is 460 g/mol. The minimum Gasteiger partial charge on any atom is -0.326 e. The maximum Gasteiger partial charge on any atom is 0.244 e. The predicted octanol–water partition coefficient (Wildman–Crippen LogP) is 3.50. The van der Waals surface area contributed by atoms with E-state index in [1.807, 2.05) is 6.92 Å². The summed E-state index contributed by atoms with van der Waals surface area (Å²) in [5, 5.41) is 5.76. The molecule has 1 heterocycles. The molecule has 0 aliphatic heterocycles. The third-order valence-electron chi connectivity index (χ3n) is 4.50. The Bertz CT molecular complexity index is 1220. The van der Waals surface area contributed by atoms with E-state index in [2.05, 4.69) is 20.3 Å². The van der Waals surface area contributed by atoms with Crippen molar-refractivity contribution in [2.24, 2.45) is 5.92 Å². The molecule has 2 aromatic carbocycles. The number of rotatable bonds is 7. The summed E-state index contributed by atoms with van der Waals surface area (Å²) >= 11 is 1.24. The van der Waals surface area contributed by atoms with Gasteiger partial charge in [0.05, 0.1) is 15.1 Å². The van der Waals surface area contributed by atoms with E-state index < -0.39 is 22.0 Å². The molecule has 0 aliphatic rings. The van der Waals surface area contributed by atoms with Crippen molar-refractivity contribution in [3.05, 3.63) is 48.0 Å². The lowest BCUT2D eigenvalue weighted by atomic mass is 10.1. The van der Waals surface area contributed by atoms with Crippen molar-refractivity contribution in [1.82, 2.24) is 9.71 Å². The Morgan fingerprint density at radius 2 is 1.71 bits per heavy atom. The molecule has 0 spiro atoms. The van der Waals surface area contributed by atoms with Crippen LogP contribution in [0.4, 0.5) is 10.8 Å². The van der Waals surface area contributed by atoms with Gasteiger partial charge < -0.3 is 10.6 Å². The number of hydrogen-bond donors (Lipinski definition) is 3. The maximum absolute atomic E-state index is 12.9. The number of aromatic nitrogens is 1. The highest BCUT2D eigenvalue weighted by atomic mass is 32.2. The number of hydrogen-bond acceptors (Lipinski definition) is 6. The van der Waals surface area contributed by atoms with Gasteiger partial charge in [-0.25, -0.2) is 13.4 Å². The topological polar surface area (TPSA) is 117 Å². The number of thiazole rings is 1. The van der Waals surface area contributed by atoms with Crippen molar-refractivity contribution in [3.8, 4) is 0 Å². The molecule has 0 radical (unpaired) electrons. The minimum atomic E-state index is -3.87. The SMILES string of the molecule is CC(=O)Nc1ccc2nc(NC(=O)[C@@H](NS(=O)(=O)c3ccc(C)cc3)C(C)C)sc2c1. The number of aryl methyl sites for hydroxylation is 1. The van der Waals surface area contributed by atoms with Crippen molar-refractivity contribution < 1.29 is 18.0 Å². The number of anilines is 2. The van der Waals surface area contributed by atoms with Crippen molar-refractivity contribution in [3.63, 3.8) is 0 Å². The van der Waals surface area contributed by atoms with E-state index in [9.17, 15) is 18.0 Å². The molecule has 31 heavy (non-hydrogen) atoms. The van der Waals surface area contributed by atoms with E-state index in [0.29, 0.717) is 16.3 Å². The standard InChI is InChI=1S/C21H24N4O4S2/c1-12(2)19(25-31(28,29)16-8-5-13(3)6-9-16)20(27)24-21-23-17-10-7-15(22-14(4)26)11-18(17)30-21/h5-12,19,25H,1-4H3,(H,22,26)(H,23,24,27)/t19-/m0/s1. The number of benzene rings is 2. The molecule has 8 nitrogen and oxygen atoms in total. The van der Waals surface area contributed by atoms with Gasteiger partial charge in [-0.3, -0.25) is 9.59 Å². The Morgan fingerprint density at radius 3 is 2.32 bits per heavy atom. The van der Waals surface area contributed by atoms with Crippen LogP contribution in [0, 0.1) is 12.8 Å². The number of nitrogens with zero attached hydrogens (tertiary/aromatic N) is 1. The zero-order chi connectivity index (χ0) is 22.8. The Morgan fingerprint density at radius 1 is 1.03 bits per heavy atom. The first-order valence-electron chi connectivity index (χ1n) is 9.63. The van der Waals surface area contributed by atoms with E-state index in [1.165, 1.54) is 30.4 Å². The highest BCUT2D eigenvalue weighted by Crippen LogP contribution is 2.28. The summed E-state index contributed by atoms with van der Waals surface area (Å²) in [6.45, 7) is 6.82. The summed E-state index contributed by atoms with van der Waals surface area (Å²) < 4.78 is 28.8. The highest BCUT2D eigenvalue weighted by molar-refractivity contribution is 7.89. The lowest BCUT2D eigenvalue weighted by Crippen LogP contribution is -2.47. The van der Waals surface area contributed by atoms with Gasteiger partial charge in [0, 0.05) is 12.6 Å². The quantitative estimate of drug-likeness (QED) is 0.499. The summed E-state index contributed by atoms with van der Waals surface area (Å²) in [7, 11) is -3.87. The van der Waals surface area contributed by atoms with E-state index >= 15 is 0 Å². The second-order valence-corrected chi connectivity index (χ2v) is 10.3. The number of amides is 2. The fourth-order valence-corrected chi connectivity index (χ4v) is 5.14. The second-order valence-electron chi connectivity index (χ2n) is 7.53. The lowest BCUT2D eigenvalue weighted by Gasteiger charge is -2.21. The smallest absolute Gasteiger partial charge is 0.244 e. The molecule has 3 aromatic rings. The molecule has 0 bridgehead atoms. The Kier molecular flexibility index (Phi) is 6.73. The van der Waals surface area contributed by atoms with Crippen LogP contribution in [0.5, 0.6) is 0 Å². The van der Waals surface area contributed by atoms with Gasteiger partial charge in [-0.2, -0.15) is 4.72 Å². The average Bonchev–Trinajstić information content (AvgIpc) is 3.07. The minimum absolute atomic E-state index is 0.0991. The number of carbonyl (C=O) groups is 2. The average molecular weight is 461 g/mol. The van der Waals surface area contributed by atoms with Crippen molar-refractivity contribution in [2.45, 2.75) is 38.6 Å². The fraction of sp³-hybridized carbons (Fsp3) is 0.286. The zero-order valence-electron chi connectivity index (χ0n) is 17.6. The van der Waals surface area contributed by atoms with Gasteiger partial charge in [0.1, 0.15) is 6.04 Å². The second kappa shape index (κ2) is 9.13. The van der Waals surface area contributed by atoms with Gasteiger partial charge in [-0.05, 0) is 43.2 Å². The molecular weight excluding hydrogens is 436 g/mol. The molecule has 10 heteroatoms. The lowest BCUT2D eigenvalue weighted by molar-refractivity contribution is -0.118. The third kappa shape index (κ3) is 5.66.